The summed E-state index contributed by atoms with van der Waals surface area (Å²) in [7, 11) is 4.76. The molecule has 5 N–H and O–H groups in total. The number of carbonyl (C=O) groups excluding carboxylic acids is 3. The van der Waals surface area contributed by atoms with Gasteiger partial charge in [-0.05, 0) is 47.5 Å². The quantitative estimate of drug-likeness (QED) is 0.194. The van der Waals surface area contributed by atoms with Gasteiger partial charge in [0.05, 0.1) is 41.7 Å². The molecule has 2 aliphatic heterocycles. The molecule has 0 saturated heterocycles. The molecule has 3 heterocycles. The van der Waals surface area contributed by atoms with E-state index in [2.05, 4.69) is 26.0 Å². The molecule has 0 radical (unpaired) electrons. The molecule has 0 amide bonds. The lowest BCUT2D eigenvalue weighted by atomic mass is 9.86. The summed E-state index contributed by atoms with van der Waals surface area (Å²) in [6.45, 7) is 0.831. The number of phenols is 3. The van der Waals surface area contributed by atoms with Crippen molar-refractivity contribution in [3.63, 3.8) is 0 Å². The molecule has 2 unspecified atom stereocenters. The SMILES string of the molecule is COC(=O)c1cc2cc3c(c(O)c2c(=O)o1)OC1(Cc2c(O)c4c(c(O)c2O1)C(=O)C(NCCN(C)C)=C(Br)C4=O)CC3O. The lowest BCUT2D eigenvalue weighted by Gasteiger charge is -2.37. The smallest absolute Gasteiger partial charge is 0.374 e. The second-order valence-corrected chi connectivity index (χ2v) is 11.6. The number of carbonyl (C=O) groups is 3. The fourth-order valence-corrected chi connectivity index (χ4v) is 6.19. The van der Waals surface area contributed by atoms with Gasteiger partial charge in [0.1, 0.15) is 16.8 Å². The fraction of sp³-hybridized carbons (Fsp3) is 0.310. The van der Waals surface area contributed by atoms with Crippen molar-refractivity contribution in [3.8, 4) is 28.7 Å². The lowest BCUT2D eigenvalue weighted by molar-refractivity contribution is -0.139. The number of hydrogen-bond acceptors (Lipinski definition) is 14. The van der Waals surface area contributed by atoms with Crippen LogP contribution < -0.4 is 20.4 Å². The number of likely N-dealkylation sites (N-methyl/N-ethyl adjacent to an activating group) is 1. The van der Waals surface area contributed by atoms with E-state index in [1.54, 1.807) is 0 Å². The molecule has 1 aromatic heterocycles. The normalized spacial score (nSPS) is 20.4. The summed E-state index contributed by atoms with van der Waals surface area (Å²) >= 11 is 3.15. The molecule has 44 heavy (non-hydrogen) atoms. The zero-order valence-corrected chi connectivity index (χ0v) is 25.0. The number of esters is 1. The Hall–Kier alpha value is -4.60. The van der Waals surface area contributed by atoms with E-state index in [1.807, 2.05) is 19.0 Å². The summed E-state index contributed by atoms with van der Waals surface area (Å²) in [6.07, 6.45) is -1.99. The van der Waals surface area contributed by atoms with Crippen LogP contribution in [0.1, 0.15) is 54.9 Å². The Kier molecular flexibility index (Phi) is 6.86. The van der Waals surface area contributed by atoms with Crippen LogP contribution in [0.2, 0.25) is 0 Å². The predicted molar refractivity (Wildman–Crippen MR) is 154 cm³/mol. The van der Waals surface area contributed by atoms with Crippen LogP contribution in [-0.2, 0) is 11.2 Å². The highest BCUT2D eigenvalue weighted by Gasteiger charge is 2.52. The van der Waals surface area contributed by atoms with Crippen LogP contribution in [-0.4, -0.2) is 82.9 Å². The van der Waals surface area contributed by atoms with Crippen LogP contribution >= 0.6 is 15.9 Å². The fourth-order valence-electron chi connectivity index (χ4n) is 5.67. The van der Waals surface area contributed by atoms with E-state index in [0.717, 1.165) is 7.11 Å². The van der Waals surface area contributed by atoms with Crippen LogP contribution in [0.15, 0.2) is 31.5 Å². The number of nitrogens with zero attached hydrogens (tertiary/aromatic N) is 1. The van der Waals surface area contributed by atoms with Crippen molar-refractivity contribution >= 4 is 44.2 Å². The zero-order chi connectivity index (χ0) is 31.8. The maximum Gasteiger partial charge on any atom is 0.374 e. The number of fused-ring (bicyclic) bond motifs is 4. The number of Topliss-reactive ketones (excluding diaryl/α,β-unsaturated/α-hetero) is 2. The summed E-state index contributed by atoms with van der Waals surface area (Å²) in [4.78, 5) is 53.3. The predicted octanol–water partition coefficient (Wildman–Crippen LogP) is 1.98. The first-order valence-electron chi connectivity index (χ1n) is 13.2. The van der Waals surface area contributed by atoms with Crippen molar-refractivity contribution in [2.75, 3.05) is 34.3 Å². The number of phenolic OH excluding ortho intramolecular Hbond substituents is 3. The van der Waals surface area contributed by atoms with Gasteiger partial charge in [-0.15, -0.1) is 0 Å². The monoisotopic (exact) mass is 672 g/mol. The van der Waals surface area contributed by atoms with E-state index >= 15 is 0 Å². The first kappa shape index (κ1) is 29.5. The maximum atomic E-state index is 13.5. The van der Waals surface area contributed by atoms with Gasteiger partial charge >= 0.3 is 11.6 Å². The van der Waals surface area contributed by atoms with Crippen molar-refractivity contribution in [1.29, 1.82) is 0 Å². The van der Waals surface area contributed by atoms with Crippen LogP contribution in [0.3, 0.4) is 0 Å². The third-order valence-electron chi connectivity index (χ3n) is 7.74. The topological polar surface area (TPSA) is 205 Å². The van der Waals surface area contributed by atoms with Crippen molar-refractivity contribution in [1.82, 2.24) is 10.2 Å². The van der Waals surface area contributed by atoms with Gasteiger partial charge in [-0.1, -0.05) is 0 Å². The first-order valence-corrected chi connectivity index (χ1v) is 14.0. The summed E-state index contributed by atoms with van der Waals surface area (Å²) in [5, 5.41) is 47.3. The Bertz CT molecular complexity index is 1910. The van der Waals surface area contributed by atoms with Gasteiger partial charge in [-0.3, -0.25) is 9.59 Å². The summed E-state index contributed by atoms with van der Waals surface area (Å²) in [5.74, 6) is -7.41. The lowest BCUT2D eigenvalue weighted by Crippen LogP contribution is -2.45. The number of aliphatic hydroxyl groups excluding tert-OH is 1. The Balaban J connectivity index is 1.41. The molecule has 2 atom stereocenters. The average Bonchev–Trinajstić information content (AvgIpc) is 3.34. The van der Waals surface area contributed by atoms with Gasteiger partial charge in [-0.2, -0.15) is 0 Å². The number of ketones is 2. The van der Waals surface area contributed by atoms with E-state index in [-0.39, 0.29) is 56.4 Å². The molecule has 15 heteroatoms. The average molecular weight is 673 g/mol. The van der Waals surface area contributed by atoms with Gasteiger partial charge in [0.2, 0.25) is 17.3 Å². The van der Waals surface area contributed by atoms with Gasteiger partial charge in [0, 0.05) is 24.2 Å². The largest absolute Gasteiger partial charge is 0.507 e. The molecule has 3 aliphatic rings. The van der Waals surface area contributed by atoms with Crippen LogP contribution in [0, 0.1) is 0 Å². The van der Waals surface area contributed by atoms with Gasteiger partial charge < -0.3 is 49.3 Å². The highest BCUT2D eigenvalue weighted by molar-refractivity contribution is 9.12. The molecule has 0 fully saturated rings. The van der Waals surface area contributed by atoms with E-state index in [9.17, 15) is 39.6 Å². The minimum absolute atomic E-state index is 0.0567. The van der Waals surface area contributed by atoms with Gasteiger partial charge in [0.15, 0.2) is 23.0 Å². The van der Waals surface area contributed by atoms with Crippen molar-refractivity contribution < 1.29 is 53.4 Å². The molecule has 0 bridgehead atoms. The summed E-state index contributed by atoms with van der Waals surface area (Å²) < 4.78 is 21.5. The van der Waals surface area contributed by atoms with E-state index in [0.29, 0.717) is 13.1 Å². The summed E-state index contributed by atoms with van der Waals surface area (Å²) in [5.41, 5.74) is -2.09. The summed E-state index contributed by atoms with van der Waals surface area (Å²) in [6, 6.07) is 2.51. The number of aromatic hydroxyl groups is 3. The van der Waals surface area contributed by atoms with E-state index < -0.39 is 69.2 Å². The molecule has 2 aromatic carbocycles. The highest BCUT2D eigenvalue weighted by Crippen LogP contribution is 2.57. The number of methoxy groups -OCH3 is 1. The van der Waals surface area contributed by atoms with Crippen molar-refractivity contribution in [2.45, 2.75) is 24.7 Å². The molecular weight excluding hydrogens is 648 g/mol. The minimum Gasteiger partial charge on any atom is -0.507 e. The molecule has 230 valence electrons. The molecule has 0 saturated carbocycles. The Morgan fingerprint density at radius 2 is 1.75 bits per heavy atom. The zero-order valence-electron chi connectivity index (χ0n) is 23.4. The maximum absolute atomic E-state index is 13.5. The van der Waals surface area contributed by atoms with Gasteiger partial charge in [-0.25, -0.2) is 9.59 Å². The molecule has 14 nitrogen and oxygen atoms in total. The van der Waals surface area contributed by atoms with Crippen LogP contribution in [0.5, 0.6) is 28.7 Å². The number of aliphatic hydroxyl groups is 1. The Morgan fingerprint density at radius 3 is 2.43 bits per heavy atom. The number of allylic oxidation sites excluding steroid dienone is 2. The van der Waals surface area contributed by atoms with Crippen molar-refractivity contribution in [2.24, 2.45) is 0 Å². The highest BCUT2D eigenvalue weighted by atomic mass is 79.9. The second-order valence-electron chi connectivity index (χ2n) is 10.8. The standard InChI is InChI=1S/C29H25BrN2O12/c1-32(2)5-4-31-19-18(30)21(35)16-17(22(19)36)24(38)26-12(20(16)34)8-29(44-26)9-13(33)11-6-10-7-14(27(39)41-3)42-28(40)15(10)23(37)25(11)43-29/h6-7,13,31,33-34,37-38H,4-5,8-9H2,1-3H3. The molecule has 1 aliphatic carbocycles. The van der Waals surface area contributed by atoms with E-state index in [1.165, 1.54) is 12.1 Å². The van der Waals surface area contributed by atoms with Crippen molar-refractivity contribution in [3.05, 3.63) is 60.7 Å². The first-order chi connectivity index (χ1) is 20.8. The number of ether oxygens (including phenoxy) is 3. The Morgan fingerprint density at radius 1 is 1.07 bits per heavy atom. The number of benzene rings is 2. The van der Waals surface area contributed by atoms with Crippen LogP contribution in [0.4, 0.5) is 0 Å². The number of hydrogen-bond donors (Lipinski definition) is 5. The number of rotatable bonds is 5. The van der Waals surface area contributed by atoms with E-state index in [4.69, 9.17) is 13.9 Å². The second kappa shape index (κ2) is 10.2. The minimum atomic E-state index is -1.84. The molecule has 3 aromatic rings. The molecule has 6 rings (SSSR count). The third kappa shape index (κ3) is 4.30. The van der Waals surface area contributed by atoms with Crippen LogP contribution in [0.25, 0.3) is 10.8 Å². The molecular formula is C29H25BrN2O12. The number of halogens is 1. The molecule has 1 spiro atoms. The Labute approximate surface area is 256 Å². The third-order valence-corrected chi connectivity index (χ3v) is 8.50. The number of nitrogens with one attached hydrogen (secondary N) is 1. The van der Waals surface area contributed by atoms with Gasteiger partial charge in [0.25, 0.3) is 5.79 Å².